The van der Waals surface area contributed by atoms with Crippen molar-refractivity contribution >= 4 is 11.6 Å². The predicted octanol–water partition coefficient (Wildman–Crippen LogP) is 2.88. The zero-order valence-electron chi connectivity index (χ0n) is 10.9. The van der Waals surface area contributed by atoms with Gasteiger partial charge in [-0.15, -0.1) is 0 Å². The minimum Gasteiger partial charge on any atom is -0.327 e. The Balaban J connectivity index is 2.62. The van der Waals surface area contributed by atoms with Gasteiger partial charge in [-0.3, -0.25) is 4.79 Å². The Morgan fingerprint density at radius 3 is 2.71 bits per heavy atom. The number of anilines is 1. The molecule has 1 unspecified atom stereocenters. The molecule has 3 heteroatoms. The Morgan fingerprint density at radius 2 is 2.12 bits per heavy atom. The summed E-state index contributed by atoms with van der Waals surface area (Å²) >= 11 is 0. The highest BCUT2D eigenvalue weighted by molar-refractivity contribution is 5.91. The summed E-state index contributed by atoms with van der Waals surface area (Å²) in [5.74, 6) is 0.449. The molecule has 0 radical (unpaired) electrons. The van der Waals surface area contributed by atoms with E-state index in [-0.39, 0.29) is 11.9 Å². The van der Waals surface area contributed by atoms with Crippen LogP contribution in [0, 0.1) is 0 Å². The number of amides is 1. The van der Waals surface area contributed by atoms with E-state index in [4.69, 9.17) is 5.73 Å². The fourth-order valence-electron chi connectivity index (χ4n) is 1.57. The minimum atomic E-state index is -0.0525. The van der Waals surface area contributed by atoms with E-state index in [9.17, 15) is 4.79 Å². The van der Waals surface area contributed by atoms with Gasteiger partial charge in [-0.1, -0.05) is 32.9 Å². The van der Waals surface area contributed by atoms with Gasteiger partial charge in [0.15, 0.2) is 0 Å². The van der Waals surface area contributed by atoms with E-state index in [0.717, 1.165) is 12.1 Å². The van der Waals surface area contributed by atoms with Crippen molar-refractivity contribution in [3.8, 4) is 0 Å². The summed E-state index contributed by atoms with van der Waals surface area (Å²) in [5, 5.41) is 2.88. The predicted molar refractivity (Wildman–Crippen MR) is 72.0 cm³/mol. The fourth-order valence-corrected chi connectivity index (χ4v) is 1.57. The van der Waals surface area contributed by atoms with Gasteiger partial charge in [0.25, 0.3) is 0 Å². The number of carbonyl (C=O) groups is 1. The molecule has 1 atom stereocenters. The van der Waals surface area contributed by atoms with E-state index in [1.807, 2.05) is 25.1 Å². The van der Waals surface area contributed by atoms with Crippen LogP contribution >= 0.6 is 0 Å². The summed E-state index contributed by atoms with van der Waals surface area (Å²) in [6.45, 7) is 6.25. The van der Waals surface area contributed by atoms with Crippen LogP contribution < -0.4 is 11.1 Å². The number of nitrogens with two attached hydrogens (primary N) is 1. The first-order valence-corrected chi connectivity index (χ1v) is 6.18. The number of hydrogen-bond acceptors (Lipinski definition) is 2. The highest BCUT2D eigenvalue weighted by atomic mass is 16.1. The molecular formula is C14H22N2O. The van der Waals surface area contributed by atoms with Gasteiger partial charge in [0.1, 0.15) is 0 Å². The maximum absolute atomic E-state index is 11.7. The zero-order valence-corrected chi connectivity index (χ0v) is 10.9. The third-order valence-electron chi connectivity index (χ3n) is 2.81. The van der Waals surface area contributed by atoms with Crippen molar-refractivity contribution in [1.29, 1.82) is 0 Å². The van der Waals surface area contributed by atoms with Crippen LogP contribution in [0.25, 0.3) is 0 Å². The summed E-state index contributed by atoms with van der Waals surface area (Å²) in [5.41, 5.74) is 7.82. The van der Waals surface area contributed by atoms with E-state index < -0.39 is 0 Å². The van der Waals surface area contributed by atoms with Crippen LogP contribution in [0.1, 0.15) is 45.1 Å². The van der Waals surface area contributed by atoms with Crippen LogP contribution in [-0.2, 0) is 4.79 Å². The molecule has 3 N–H and O–H groups in total. The summed E-state index contributed by atoms with van der Waals surface area (Å²) in [7, 11) is 0. The maximum Gasteiger partial charge on any atom is 0.225 e. The molecule has 1 aromatic carbocycles. The van der Waals surface area contributed by atoms with E-state index in [1.165, 1.54) is 5.56 Å². The Hall–Kier alpha value is -1.35. The van der Waals surface area contributed by atoms with E-state index in [0.29, 0.717) is 12.3 Å². The van der Waals surface area contributed by atoms with Crippen LogP contribution in [0.3, 0.4) is 0 Å². The molecule has 94 valence electrons. The molecule has 1 aromatic rings. The van der Waals surface area contributed by atoms with Gasteiger partial charge in [0.05, 0.1) is 0 Å². The Morgan fingerprint density at radius 1 is 1.41 bits per heavy atom. The molecule has 0 saturated carbocycles. The molecule has 17 heavy (non-hydrogen) atoms. The topological polar surface area (TPSA) is 55.1 Å². The van der Waals surface area contributed by atoms with Gasteiger partial charge in [0.2, 0.25) is 5.91 Å². The van der Waals surface area contributed by atoms with E-state index in [2.05, 4.69) is 25.2 Å². The smallest absolute Gasteiger partial charge is 0.225 e. The molecular weight excluding hydrogens is 212 g/mol. The third kappa shape index (κ3) is 4.57. The van der Waals surface area contributed by atoms with Crippen molar-refractivity contribution in [2.75, 3.05) is 5.32 Å². The van der Waals surface area contributed by atoms with Crippen molar-refractivity contribution in [3.05, 3.63) is 29.8 Å². The van der Waals surface area contributed by atoms with Crippen molar-refractivity contribution < 1.29 is 4.79 Å². The second-order valence-corrected chi connectivity index (χ2v) is 4.70. The van der Waals surface area contributed by atoms with E-state index >= 15 is 0 Å². The molecule has 1 amide bonds. The lowest BCUT2D eigenvalue weighted by Gasteiger charge is -2.11. The maximum atomic E-state index is 11.7. The molecule has 0 fully saturated rings. The standard InChI is InChI=1S/C14H22N2O/c1-4-12(15)9-14(17)16-13-7-5-6-11(8-13)10(2)3/h5-8,10,12H,4,9,15H2,1-3H3,(H,16,17). The molecule has 0 heterocycles. The number of hydrogen-bond donors (Lipinski definition) is 2. The molecule has 0 aliphatic carbocycles. The summed E-state index contributed by atoms with van der Waals surface area (Å²) < 4.78 is 0. The SMILES string of the molecule is CCC(N)CC(=O)Nc1cccc(C(C)C)c1. The number of benzene rings is 1. The summed E-state index contributed by atoms with van der Waals surface area (Å²) in [6.07, 6.45) is 1.20. The molecule has 0 aliphatic heterocycles. The van der Waals surface area contributed by atoms with Gasteiger partial charge in [0, 0.05) is 18.2 Å². The molecule has 0 spiro atoms. The highest BCUT2D eigenvalue weighted by Crippen LogP contribution is 2.18. The van der Waals surface area contributed by atoms with Crippen LogP contribution in [0.4, 0.5) is 5.69 Å². The number of carbonyl (C=O) groups excluding carboxylic acids is 1. The second kappa shape index (κ2) is 6.40. The molecule has 0 bridgehead atoms. The van der Waals surface area contributed by atoms with Gasteiger partial charge in [-0.05, 0) is 30.0 Å². The van der Waals surface area contributed by atoms with Crippen LogP contribution in [0.5, 0.6) is 0 Å². The molecule has 3 nitrogen and oxygen atoms in total. The molecule has 0 saturated heterocycles. The monoisotopic (exact) mass is 234 g/mol. The average molecular weight is 234 g/mol. The van der Waals surface area contributed by atoms with Crippen molar-refractivity contribution in [1.82, 2.24) is 0 Å². The zero-order chi connectivity index (χ0) is 12.8. The van der Waals surface area contributed by atoms with E-state index in [1.54, 1.807) is 0 Å². The number of rotatable bonds is 5. The van der Waals surface area contributed by atoms with Crippen molar-refractivity contribution in [2.24, 2.45) is 5.73 Å². The summed E-state index contributed by atoms with van der Waals surface area (Å²) in [4.78, 5) is 11.7. The number of nitrogens with one attached hydrogen (secondary N) is 1. The minimum absolute atomic E-state index is 0.0137. The first kappa shape index (κ1) is 13.7. The first-order valence-electron chi connectivity index (χ1n) is 6.18. The molecule has 1 rings (SSSR count). The lowest BCUT2D eigenvalue weighted by atomic mass is 10.0. The van der Waals surface area contributed by atoms with Gasteiger partial charge in [-0.25, -0.2) is 0 Å². The lowest BCUT2D eigenvalue weighted by Crippen LogP contribution is -2.26. The third-order valence-corrected chi connectivity index (χ3v) is 2.81. The lowest BCUT2D eigenvalue weighted by molar-refractivity contribution is -0.116. The van der Waals surface area contributed by atoms with Gasteiger partial charge < -0.3 is 11.1 Å². The molecule has 0 aromatic heterocycles. The van der Waals surface area contributed by atoms with Crippen LogP contribution in [-0.4, -0.2) is 11.9 Å². The van der Waals surface area contributed by atoms with Crippen LogP contribution in [0.2, 0.25) is 0 Å². The first-order chi connectivity index (χ1) is 8.02. The normalized spacial score (nSPS) is 12.5. The summed E-state index contributed by atoms with van der Waals surface area (Å²) in [6, 6.07) is 7.90. The second-order valence-electron chi connectivity index (χ2n) is 4.70. The Kier molecular flexibility index (Phi) is 5.16. The van der Waals surface area contributed by atoms with Gasteiger partial charge >= 0.3 is 0 Å². The largest absolute Gasteiger partial charge is 0.327 e. The Bertz CT molecular complexity index is 374. The van der Waals surface area contributed by atoms with Crippen molar-refractivity contribution in [3.63, 3.8) is 0 Å². The highest BCUT2D eigenvalue weighted by Gasteiger charge is 2.08. The average Bonchev–Trinajstić information content (AvgIpc) is 2.28. The van der Waals surface area contributed by atoms with Crippen LogP contribution in [0.15, 0.2) is 24.3 Å². The van der Waals surface area contributed by atoms with Crippen molar-refractivity contribution in [2.45, 2.75) is 45.6 Å². The molecule has 0 aliphatic rings. The quantitative estimate of drug-likeness (QED) is 0.823. The van der Waals surface area contributed by atoms with Gasteiger partial charge in [-0.2, -0.15) is 0 Å². The Labute approximate surface area is 103 Å². The fraction of sp³-hybridized carbons (Fsp3) is 0.500.